The fraction of sp³-hybridized carbons (Fsp3) is 0.200. The summed E-state index contributed by atoms with van der Waals surface area (Å²) in [7, 11) is -3.86. The molecule has 0 aliphatic rings. The van der Waals surface area contributed by atoms with E-state index in [2.05, 4.69) is 10.0 Å². The van der Waals surface area contributed by atoms with Crippen LogP contribution in [0.2, 0.25) is 0 Å². The fourth-order valence-corrected chi connectivity index (χ4v) is 4.15. The number of aryl methyl sites for hydroxylation is 1. The Morgan fingerprint density at radius 2 is 1.61 bits per heavy atom. The van der Waals surface area contributed by atoms with E-state index in [-0.39, 0.29) is 10.8 Å². The molecule has 3 aromatic carbocycles. The van der Waals surface area contributed by atoms with Crippen molar-refractivity contribution in [3.63, 3.8) is 0 Å². The molecule has 33 heavy (non-hydrogen) atoms. The van der Waals surface area contributed by atoms with E-state index in [1.165, 1.54) is 36.4 Å². The molecule has 0 bridgehead atoms. The van der Waals surface area contributed by atoms with Gasteiger partial charge in [-0.2, -0.15) is 0 Å². The van der Waals surface area contributed by atoms with Crippen LogP contribution in [0.5, 0.6) is 0 Å². The van der Waals surface area contributed by atoms with E-state index in [0.29, 0.717) is 34.7 Å². The molecule has 1 amide bonds. The van der Waals surface area contributed by atoms with Gasteiger partial charge in [-0.25, -0.2) is 13.2 Å². The molecule has 8 heteroatoms. The molecule has 0 aliphatic heterocycles. The summed E-state index contributed by atoms with van der Waals surface area (Å²) in [4.78, 5) is 24.4. The Morgan fingerprint density at radius 1 is 0.909 bits per heavy atom. The maximum Gasteiger partial charge on any atom is 0.338 e. The van der Waals surface area contributed by atoms with Crippen LogP contribution in [0, 0.1) is 6.92 Å². The number of ether oxygens (including phenoxy) is 1. The van der Waals surface area contributed by atoms with Crippen LogP contribution in [0.3, 0.4) is 0 Å². The second kappa shape index (κ2) is 10.8. The van der Waals surface area contributed by atoms with E-state index < -0.39 is 16.0 Å². The van der Waals surface area contributed by atoms with Gasteiger partial charge in [-0.05, 0) is 73.5 Å². The van der Waals surface area contributed by atoms with Crippen LogP contribution in [0.4, 0.5) is 11.4 Å². The van der Waals surface area contributed by atoms with Crippen molar-refractivity contribution < 1.29 is 22.7 Å². The van der Waals surface area contributed by atoms with Gasteiger partial charge in [0, 0.05) is 16.9 Å². The molecular weight excluding hydrogens is 440 g/mol. The first-order chi connectivity index (χ1) is 15.8. The molecule has 3 rings (SSSR count). The summed E-state index contributed by atoms with van der Waals surface area (Å²) in [6.45, 7) is 4.08. The van der Waals surface area contributed by atoms with Crippen molar-refractivity contribution in [1.29, 1.82) is 0 Å². The molecule has 7 nitrogen and oxygen atoms in total. The van der Waals surface area contributed by atoms with Gasteiger partial charge >= 0.3 is 5.97 Å². The molecule has 0 unspecified atom stereocenters. The number of esters is 1. The quantitative estimate of drug-likeness (QED) is 0.341. The third-order valence-corrected chi connectivity index (χ3v) is 6.28. The Bertz CT molecular complexity index is 1220. The van der Waals surface area contributed by atoms with Crippen LogP contribution in [0.25, 0.3) is 0 Å². The molecule has 0 saturated carbocycles. The molecule has 0 spiro atoms. The lowest BCUT2D eigenvalue weighted by molar-refractivity contribution is 0.0499. The summed E-state index contributed by atoms with van der Waals surface area (Å²) in [6, 6.07) is 19.3. The number of unbranched alkanes of at least 4 members (excludes halogenated alkanes) is 1. The molecule has 0 aromatic heterocycles. The second-order valence-electron chi connectivity index (χ2n) is 7.47. The topological polar surface area (TPSA) is 102 Å². The number of carbonyl (C=O) groups is 2. The smallest absolute Gasteiger partial charge is 0.338 e. The number of rotatable bonds is 9. The number of benzene rings is 3. The number of hydrogen-bond donors (Lipinski definition) is 2. The van der Waals surface area contributed by atoms with E-state index in [1.807, 2.05) is 13.0 Å². The Hall–Kier alpha value is -3.65. The van der Waals surface area contributed by atoms with E-state index in [0.717, 1.165) is 12.8 Å². The largest absolute Gasteiger partial charge is 0.462 e. The monoisotopic (exact) mass is 466 g/mol. The van der Waals surface area contributed by atoms with E-state index in [1.54, 1.807) is 37.3 Å². The zero-order valence-electron chi connectivity index (χ0n) is 18.5. The average Bonchev–Trinajstić information content (AvgIpc) is 2.81. The standard InChI is InChI=1S/C25H26N2O5S/c1-3-4-16-32-25(29)20-10-12-21(13-11-20)27-33(30,31)22-14-15-23(18(2)17-22)26-24(28)19-8-6-5-7-9-19/h5-15,17,27H,3-4,16H2,1-2H3,(H,26,28). The molecule has 0 heterocycles. The van der Waals surface area contributed by atoms with Gasteiger partial charge in [0.25, 0.3) is 15.9 Å². The molecule has 172 valence electrons. The summed E-state index contributed by atoms with van der Waals surface area (Å²) in [5.74, 6) is -0.720. The van der Waals surface area contributed by atoms with Gasteiger partial charge in [0.15, 0.2) is 0 Å². The lowest BCUT2D eigenvalue weighted by atomic mass is 10.1. The van der Waals surface area contributed by atoms with Crippen molar-refractivity contribution in [3.05, 3.63) is 89.5 Å². The highest BCUT2D eigenvalue weighted by molar-refractivity contribution is 7.92. The van der Waals surface area contributed by atoms with Gasteiger partial charge in [0.1, 0.15) is 0 Å². The first-order valence-electron chi connectivity index (χ1n) is 10.6. The first kappa shape index (κ1) is 24.0. The third-order valence-electron chi connectivity index (χ3n) is 4.90. The molecular formula is C25H26N2O5S. The summed E-state index contributed by atoms with van der Waals surface area (Å²) >= 11 is 0. The predicted octanol–water partition coefficient (Wildman–Crippen LogP) is 5.01. The molecule has 0 saturated heterocycles. The Kier molecular flexibility index (Phi) is 7.84. The van der Waals surface area contributed by atoms with Crippen molar-refractivity contribution in [1.82, 2.24) is 0 Å². The van der Waals surface area contributed by atoms with Crippen LogP contribution in [0.1, 0.15) is 46.0 Å². The van der Waals surface area contributed by atoms with Gasteiger partial charge in [0.05, 0.1) is 17.1 Å². The zero-order valence-corrected chi connectivity index (χ0v) is 19.3. The number of carbonyl (C=O) groups excluding carboxylic acids is 2. The normalized spacial score (nSPS) is 11.0. The summed E-state index contributed by atoms with van der Waals surface area (Å²) < 4.78 is 33.3. The van der Waals surface area contributed by atoms with Crippen molar-refractivity contribution in [2.24, 2.45) is 0 Å². The maximum absolute atomic E-state index is 12.8. The van der Waals surface area contributed by atoms with Crippen LogP contribution >= 0.6 is 0 Å². The minimum absolute atomic E-state index is 0.0563. The highest BCUT2D eigenvalue weighted by Gasteiger charge is 2.17. The highest BCUT2D eigenvalue weighted by atomic mass is 32.2. The lowest BCUT2D eigenvalue weighted by Gasteiger charge is -2.12. The minimum Gasteiger partial charge on any atom is -0.462 e. The molecule has 2 N–H and O–H groups in total. The van der Waals surface area contributed by atoms with Crippen molar-refractivity contribution in [3.8, 4) is 0 Å². The SMILES string of the molecule is CCCCOC(=O)c1ccc(NS(=O)(=O)c2ccc(NC(=O)c3ccccc3)c(C)c2)cc1. The van der Waals surface area contributed by atoms with Gasteiger partial charge < -0.3 is 10.1 Å². The number of sulfonamides is 1. The number of anilines is 2. The number of hydrogen-bond acceptors (Lipinski definition) is 5. The van der Waals surface area contributed by atoms with Gasteiger partial charge in [0.2, 0.25) is 0 Å². The number of nitrogens with one attached hydrogen (secondary N) is 2. The molecule has 3 aromatic rings. The van der Waals surface area contributed by atoms with Crippen molar-refractivity contribution >= 4 is 33.3 Å². The zero-order chi connectivity index (χ0) is 23.8. The van der Waals surface area contributed by atoms with Crippen molar-refractivity contribution in [2.75, 3.05) is 16.6 Å². The summed E-state index contributed by atoms with van der Waals surface area (Å²) in [5.41, 5.74) is 2.30. The van der Waals surface area contributed by atoms with Gasteiger partial charge in [-0.3, -0.25) is 9.52 Å². The van der Waals surface area contributed by atoms with Crippen LogP contribution in [0.15, 0.2) is 77.7 Å². The van der Waals surface area contributed by atoms with E-state index >= 15 is 0 Å². The minimum atomic E-state index is -3.86. The third kappa shape index (κ3) is 6.43. The lowest BCUT2D eigenvalue weighted by Crippen LogP contribution is -2.15. The Labute approximate surface area is 193 Å². The Morgan fingerprint density at radius 3 is 2.24 bits per heavy atom. The van der Waals surface area contributed by atoms with Gasteiger partial charge in [-0.1, -0.05) is 31.5 Å². The average molecular weight is 467 g/mol. The Balaban J connectivity index is 1.68. The first-order valence-corrected chi connectivity index (χ1v) is 12.1. The summed E-state index contributed by atoms with van der Waals surface area (Å²) in [5, 5.41) is 2.79. The van der Waals surface area contributed by atoms with Crippen LogP contribution < -0.4 is 10.0 Å². The number of amides is 1. The van der Waals surface area contributed by atoms with Gasteiger partial charge in [-0.15, -0.1) is 0 Å². The fourth-order valence-electron chi connectivity index (χ4n) is 3.01. The maximum atomic E-state index is 12.8. The molecule has 0 aliphatic carbocycles. The van der Waals surface area contributed by atoms with Crippen LogP contribution in [-0.4, -0.2) is 26.9 Å². The highest BCUT2D eigenvalue weighted by Crippen LogP contribution is 2.23. The molecule has 0 radical (unpaired) electrons. The predicted molar refractivity (Wildman–Crippen MR) is 128 cm³/mol. The van der Waals surface area contributed by atoms with Crippen LogP contribution in [-0.2, 0) is 14.8 Å². The molecule has 0 atom stereocenters. The van der Waals surface area contributed by atoms with E-state index in [4.69, 9.17) is 4.74 Å². The summed E-state index contributed by atoms with van der Waals surface area (Å²) in [6.07, 6.45) is 1.71. The van der Waals surface area contributed by atoms with E-state index in [9.17, 15) is 18.0 Å². The molecule has 0 fully saturated rings. The van der Waals surface area contributed by atoms with Crippen molar-refractivity contribution in [2.45, 2.75) is 31.6 Å². The second-order valence-corrected chi connectivity index (χ2v) is 9.15.